The summed E-state index contributed by atoms with van der Waals surface area (Å²) in [5, 5.41) is 4.33. The quantitative estimate of drug-likeness (QED) is 0.779. The van der Waals surface area contributed by atoms with E-state index in [1.165, 1.54) is 5.56 Å². The van der Waals surface area contributed by atoms with Gasteiger partial charge in [0.2, 0.25) is 0 Å². The average molecular weight is 325 g/mol. The molecule has 2 heterocycles. The maximum Gasteiger partial charge on any atom is 0.140 e. The molecule has 0 aliphatic heterocycles. The van der Waals surface area contributed by atoms with E-state index in [1.807, 2.05) is 41.1 Å². The Bertz CT molecular complexity index is 794. The molecule has 0 spiro atoms. The minimum absolute atomic E-state index is 0.463. The molecule has 4 rings (SSSR count). The van der Waals surface area contributed by atoms with Gasteiger partial charge in [0, 0.05) is 23.5 Å². The number of nitrogens with zero attached hydrogens (tertiary/aromatic N) is 3. The summed E-state index contributed by atoms with van der Waals surface area (Å²) >= 11 is 6.07. The fourth-order valence-corrected chi connectivity index (χ4v) is 3.22. The summed E-state index contributed by atoms with van der Waals surface area (Å²) in [5.41, 5.74) is 1.33. The molecule has 1 aliphatic rings. The van der Waals surface area contributed by atoms with Gasteiger partial charge < -0.3 is 5.32 Å². The van der Waals surface area contributed by atoms with Gasteiger partial charge in [-0.15, -0.1) is 0 Å². The van der Waals surface area contributed by atoms with Crippen molar-refractivity contribution < 1.29 is 0 Å². The molecular formula is C18H17ClN4. The Hall–Kier alpha value is -2.33. The number of halogens is 1. The van der Waals surface area contributed by atoms with Crippen LogP contribution in [-0.4, -0.2) is 20.6 Å². The lowest BCUT2D eigenvalue weighted by Gasteiger charge is -2.36. The van der Waals surface area contributed by atoms with Gasteiger partial charge in [0.1, 0.15) is 18.0 Å². The van der Waals surface area contributed by atoms with Crippen LogP contribution in [-0.2, 0) is 0 Å². The standard InChI is InChI=1S/C18H17ClN4/c19-15-4-1-3-13(9-15)14-10-16(11-14)21-17-5-2-6-18(22-17)23-8-7-20-12-23/h1-9,12,14,16H,10-11H2,(H,21,22). The summed E-state index contributed by atoms with van der Waals surface area (Å²) in [5.74, 6) is 2.37. The Morgan fingerprint density at radius 2 is 2.00 bits per heavy atom. The first-order valence-corrected chi connectivity index (χ1v) is 8.13. The number of benzene rings is 1. The number of imidazole rings is 1. The van der Waals surface area contributed by atoms with Gasteiger partial charge in [-0.05, 0) is 48.6 Å². The first-order chi connectivity index (χ1) is 11.3. The van der Waals surface area contributed by atoms with Gasteiger partial charge in [-0.1, -0.05) is 29.8 Å². The third-order valence-electron chi connectivity index (χ3n) is 4.31. The Morgan fingerprint density at radius 1 is 1.13 bits per heavy atom. The first-order valence-electron chi connectivity index (χ1n) is 7.75. The molecule has 0 atom stereocenters. The van der Waals surface area contributed by atoms with Gasteiger partial charge in [0.25, 0.3) is 0 Å². The molecule has 0 saturated heterocycles. The normalized spacial score (nSPS) is 20.0. The Morgan fingerprint density at radius 3 is 2.78 bits per heavy atom. The van der Waals surface area contributed by atoms with Crippen LogP contribution >= 0.6 is 11.6 Å². The van der Waals surface area contributed by atoms with Gasteiger partial charge in [0.05, 0.1) is 0 Å². The molecule has 1 fully saturated rings. The first kappa shape index (κ1) is 14.3. The van der Waals surface area contributed by atoms with Gasteiger partial charge >= 0.3 is 0 Å². The van der Waals surface area contributed by atoms with Crippen molar-refractivity contribution in [1.29, 1.82) is 0 Å². The second-order valence-corrected chi connectivity index (χ2v) is 6.35. The fraction of sp³-hybridized carbons (Fsp3) is 0.222. The Labute approximate surface area is 140 Å². The number of nitrogens with one attached hydrogen (secondary N) is 1. The monoisotopic (exact) mass is 324 g/mol. The maximum atomic E-state index is 6.07. The van der Waals surface area contributed by atoms with Gasteiger partial charge in [-0.25, -0.2) is 9.97 Å². The summed E-state index contributed by atoms with van der Waals surface area (Å²) in [6, 6.07) is 14.6. The SMILES string of the molecule is Clc1cccc(C2CC(Nc3cccc(-n4ccnc4)n3)C2)c1. The highest BCUT2D eigenvalue weighted by molar-refractivity contribution is 6.30. The zero-order valence-electron chi connectivity index (χ0n) is 12.6. The van der Waals surface area contributed by atoms with Crippen LogP contribution in [0.5, 0.6) is 0 Å². The molecule has 0 radical (unpaired) electrons. The highest BCUT2D eigenvalue weighted by Crippen LogP contribution is 2.38. The van der Waals surface area contributed by atoms with Crippen molar-refractivity contribution in [2.75, 3.05) is 5.32 Å². The zero-order chi connectivity index (χ0) is 15.6. The Kier molecular flexibility index (Phi) is 3.75. The van der Waals surface area contributed by atoms with Crippen LogP contribution in [0.3, 0.4) is 0 Å². The molecule has 116 valence electrons. The van der Waals surface area contributed by atoms with E-state index in [-0.39, 0.29) is 0 Å². The number of hydrogen-bond acceptors (Lipinski definition) is 3. The van der Waals surface area contributed by atoms with Crippen molar-refractivity contribution in [3.05, 3.63) is 71.8 Å². The smallest absolute Gasteiger partial charge is 0.140 e. The largest absolute Gasteiger partial charge is 0.367 e. The maximum absolute atomic E-state index is 6.07. The van der Waals surface area contributed by atoms with E-state index in [9.17, 15) is 0 Å². The average Bonchev–Trinajstić information content (AvgIpc) is 3.05. The van der Waals surface area contributed by atoms with Crippen molar-refractivity contribution in [1.82, 2.24) is 14.5 Å². The lowest BCUT2D eigenvalue weighted by Crippen LogP contribution is -2.34. The molecule has 4 nitrogen and oxygen atoms in total. The highest BCUT2D eigenvalue weighted by atomic mass is 35.5. The van der Waals surface area contributed by atoms with Gasteiger partial charge in [-0.2, -0.15) is 0 Å². The molecule has 1 aliphatic carbocycles. The lowest BCUT2D eigenvalue weighted by molar-refractivity contribution is 0.373. The molecule has 1 saturated carbocycles. The van der Waals surface area contributed by atoms with Crippen LogP contribution in [0, 0.1) is 0 Å². The van der Waals surface area contributed by atoms with E-state index in [4.69, 9.17) is 11.6 Å². The number of pyridine rings is 1. The van der Waals surface area contributed by atoms with Crippen LogP contribution in [0.25, 0.3) is 5.82 Å². The summed E-state index contributed by atoms with van der Waals surface area (Å²) < 4.78 is 1.90. The molecule has 5 heteroatoms. The van der Waals surface area contributed by atoms with E-state index in [0.717, 1.165) is 29.5 Å². The molecule has 2 aromatic heterocycles. The lowest BCUT2D eigenvalue weighted by atomic mass is 9.76. The second kappa shape index (κ2) is 6.05. The van der Waals surface area contributed by atoms with Crippen LogP contribution in [0.1, 0.15) is 24.3 Å². The minimum Gasteiger partial charge on any atom is -0.367 e. The van der Waals surface area contributed by atoms with Crippen LogP contribution in [0.2, 0.25) is 5.02 Å². The van der Waals surface area contributed by atoms with E-state index < -0.39 is 0 Å². The van der Waals surface area contributed by atoms with Crippen molar-refractivity contribution in [3.8, 4) is 5.82 Å². The van der Waals surface area contributed by atoms with Crippen molar-refractivity contribution in [3.63, 3.8) is 0 Å². The van der Waals surface area contributed by atoms with Crippen molar-refractivity contribution in [2.24, 2.45) is 0 Å². The van der Waals surface area contributed by atoms with Crippen LogP contribution in [0.15, 0.2) is 61.2 Å². The summed E-state index contributed by atoms with van der Waals surface area (Å²) in [7, 11) is 0. The van der Waals surface area contributed by atoms with Crippen molar-refractivity contribution >= 4 is 17.4 Å². The molecular weight excluding hydrogens is 308 g/mol. The molecule has 23 heavy (non-hydrogen) atoms. The van der Waals surface area contributed by atoms with E-state index in [2.05, 4.69) is 27.4 Å². The molecule has 0 bridgehead atoms. The molecule has 0 amide bonds. The van der Waals surface area contributed by atoms with Gasteiger partial charge in [-0.3, -0.25) is 4.57 Å². The third kappa shape index (κ3) is 3.08. The summed E-state index contributed by atoms with van der Waals surface area (Å²) in [4.78, 5) is 8.70. The molecule has 3 aromatic rings. The summed E-state index contributed by atoms with van der Waals surface area (Å²) in [6.45, 7) is 0. The van der Waals surface area contributed by atoms with E-state index >= 15 is 0 Å². The Balaban J connectivity index is 1.40. The van der Waals surface area contributed by atoms with Crippen LogP contribution in [0.4, 0.5) is 5.82 Å². The summed E-state index contributed by atoms with van der Waals surface area (Å²) in [6.07, 6.45) is 7.62. The minimum atomic E-state index is 0.463. The number of anilines is 1. The molecule has 1 N–H and O–H groups in total. The van der Waals surface area contributed by atoms with Crippen molar-refractivity contribution in [2.45, 2.75) is 24.8 Å². The highest BCUT2D eigenvalue weighted by Gasteiger charge is 2.30. The predicted octanol–water partition coefficient (Wildman–Crippen LogP) is 4.28. The number of rotatable bonds is 4. The number of aromatic nitrogens is 3. The second-order valence-electron chi connectivity index (χ2n) is 5.92. The van der Waals surface area contributed by atoms with Gasteiger partial charge in [0.15, 0.2) is 0 Å². The van der Waals surface area contributed by atoms with Crippen LogP contribution < -0.4 is 5.32 Å². The topological polar surface area (TPSA) is 42.7 Å². The third-order valence-corrected chi connectivity index (χ3v) is 4.55. The molecule has 0 unspecified atom stereocenters. The van der Waals surface area contributed by atoms with E-state index in [0.29, 0.717) is 12.0 Å². The number of hydrogen-bond donors (Lipinski definition) is 1. The zero-order valence-corrected chi connectivity index (χ0v) is 13.3. The van der Waals surface area contributed by atoms with E-state index in [1.54, 1.807) is 12.5 Å². The predicted molar refractivity (Wildman–Crippen MR) is 92.2 cm³/mol. The molecule has 1 aromatic carbocycles. The fourth-order valence-electron chi connectivity index (χ4n) is 3.02.